The van der Waals surface area contributed by atoms with Crippen molar-refractivity contribution in [3.05, 3.63) is 42.0 Å². The molecule has 1 saturated heterocycles. The molecule has 0 radical (unpaired) electrons. The van der Waals surface area contributed by atoms with Crippen LogP contribution in [0.15, 0.2) is 36.4 Å². The number of fused-ring (bicyclic) bond motifs is 1. The van der Waals surface area contributed by atoms with E-state index in [0.29, 0.717) is 23.1 Å². The van der Waals surface area contributed by atoms with Gasteiger partial charge in [0.1, 0.15) is 5.75 Å². The number of alkyl halides is 3. The summed E-state index contributed by atoms with van der Waals surface area (Å²) in [5.74, 6) is 0.253. The standard InChI is InChI=1S/C26H35F3N2O2/c1-4-5-6-7-8-9-10-16-33-20-14-15-21-19(17-20)12-11-13-22(21)23(26(27,28)29)31-18-25(2,3)24(32)30-31/h11-15,17,23H,4-10,16,18H2,1-3H3,(H,30,32)/t23-/m0/s1. The summed E-state index contributed by atoms with van der Waals surface area (Å²) in [6, 6.07) is 8.18. The molecule has 4 nitrogen and oxygen atoms in total. The van der Waals surface area contributed by atoms with Crippen LogP contribution >= 0.6 is 0 Å². The van der Waals surface area contributed by atoms with Crippen molar-refractivity contribution in [3.63, 3.8) is 0 Å². The van der Waals surface area contributed by atoms with E-state index in [-0.39, 0.29) is 12.1 Å². The molecule has 1 fully saturated rings. The van der Waals surface area contributed by atoms with Gasteiger partial charge in [-0.05, 0) is 48.7 Å². The highest BCUT2D eigenvalue weighted by Gasteiger charge is 2.51. The van der Waals surface area contributed by atoms with Gasteiger partial charge in [0.15, 0.2) is 6.04 Å². The summed E-state index contributed by atoms with van der Waals surface area (Å²) in [6.45, 7) is 6.07. The molecule has 1 aliphatic heterocycles. The van der Waals surface area contributed by atoms with Crippen LogP contribution in [0.1, 0.15) is 77.3 Å². The van der Waals surface area contributed by atoms with E-state index >= 15 is 0 Å². The van der Waals surface area contributed by atoms with E-state index in [2.05, 4.69) is 12.3 Å². The first-order chi connectivity index (χ1) is 15.6. The third-order valence-electron chi connectivity index (χ3n) is 6.24. The molecule has 0 bridgehead atoms. The van der Waals surface area contributed by atoms with Crippen LogP contribution in [0.5, 0.6) is 5.75 Å². The first kappa shape index (κ1) is 25.3. The molecule has 1 N–H and O–H groups in total. The number of amides is 1. The molecular formula is C26H35F3N2O2. The zero-order valence-corrected chi connectivity index (χ0v) is 19.8. The average Bonchev–Trinajstić information content (AvgIpc) is 3.00. The van der Waals surface area contributed by atoms with E-state index in [0.717, 1.165) is 17.9 Å². The number of halogens is 3. The third-order valence-corrected chi connectivity index (χ3v) is 6.24. The maximum atomic E-state index is 14.2. The zero-order chi connectivity index (χ0) is 24.1. The van der Waals surface area contributed by atoms with Gasteiger partial charge in [-0.1, -0.05) is 69.7 Å². The lowest BCUT2D eigenvalue weighted by Crippen LogP contribution is -2.43. The minimum absolute atomic E-state index is 0.0218. The highest BCUT2D eigenvalue weighted by molar-refractivity contribution is 5.88. The summed E-state index contributed by atoms with van der Waals surface area (Å²) >= 11 is 0. The van der Waals surface area contributed by atoms with Gasteiger partial charge in [0, 0.05) is 6.54 Å². The molecule has 0 aromatic heterocycles. The normalized spacial score (nSPS) is 17.3. The van der Waals surface area contributed by atoms with Gasteiger partial charge in [-0.2, -0.15) is 13.2 Å². The monoisotopic (exact) mass is 464 g/mol. The topological polar surface area (TPSA) is 41.6 Å². The highest BCUT2D eigenvalue weighted by Crippen LogP contribution is 2.43. The fraction of sp³-hybridized carbons (Fsp3) is 0.577. The number of carbonyl (C=O) groups excluding carboxylic acids is 1. The molecule has 182 valence electrons. The Kier molecular flexibility index (Phi) is 8.27. The number of carbonyl (C=O) groups is 1. The summed E-state index contributed by atoms with van der Waals surface area (Å²) in [7, 11) is 0. The van der Waals surface area contributed by atoms with Crippen molar-refractivity contribution in [2.75, 3.05) is 13.2 Å². The van der Waals surface area contributed by atoms with Crippen molar-refractivity contribution in [1.82, 2.24) is 10.4 Å². The maximum Gasteiger partial charge on any atom is 0.409 e. The number of ether oxygens (including phenoxy) is 1. The summed E-state index contributed by atoms with van der Waals surface area (Å²) in [6.07, 6.45) is 3.79. The summed E-state index contributed by atoms with van der Waals surface area (Å²) in [5.41, 5.74) is 1.67. The summed E-state index contributed by atoms with van der Waals surface area (Å²) < 4.78 is 48.4. The second-order valence-electron chi connectivity index (χ2n) is 9.60. The Bertz CT molecular complexity index is 943. The lowest BCUT2D eigenvalue weighted by Gasteiger charge is -2.30. The molecule has 1 amide bonds. The van der Waals surface area contributed by atoms with Crippen LogP contribution in [0.4, 0.5) is 13.2 Å². The van der Waals surface area contributed by atoms with Crippen molar-refractivity contribution in [2.24, 2.45) is 5.41 Å². The molecule has 0 saturated carbocycles. The fourth-order valence-corrected chi connectivity index (χ4v) is 4.36. The van der Waals surface area contributed by atoms with Gasteiger partial charge in [0.2, 0.25) is 5.91 Å². The molecule has 3 rings (SSSR count). The predicted octanol–water partition coefficient (Wildman–Crippen LogP) is 6.95. The minimum atomic E-state index is -4.55. The van der Waals surface area contributed by atoms with Gasteiger partial charge < -0.3 is 4.74 Å². The molecule has 33 heavy (non-hydrogen) atoms. The van der Waals surface area contributed by atoms with E-state index in [4.69, 9.17) is 4.74 Å². The summed E-state index contributed by atoms with van der Waals surface area (Å²) in [4.78, 5) is 12.2. The molecule has 2 aromatic carbocycles. The SMILES string of the molecule is CCCCCCCCCOc1ccc2c([C@H](N3CC(C)(C)C(=O)N3)C(F)(F)F)cccc2c1. The van der Waals surface area contributed by atoms with Crippen LogP contribution in [0, 0.1) is 5.41 Å². The van der Waals surface area contributed by atoms with Crippen LogP contribution in [0.3, 0.4) is 0 Å². The average molecular weight is 465 g/mol. The lowest BCUT2D eigenvalue weighted by atomic mass is 9.93. The molecule has 1 atom stereocenters. The Hall–Kier alpha value is -2.28. The van der Waals surface area contributed by atoms with E-state index < -0.39 is 23.5 Å². The number of nitrogens with one attached hydrogen (secondary N) is 1. The molecule has 0 aliphatic carbocycles. The summed E-state index contributed by atoms with van der Waals surface area (Å²) in [5, 5.41) is 2.20. The molecular weight excluding hydrogens is 429 g/mol. The number of rotatable bonds is 11. The Balaban J connectivity index is 1.72. The molecule has 1 aliphatic rings. The van der Waals surface area contributed by atoms with E-state index in [9.17, 15) is 18.0 Å². The van der Waals surface area contributed by atoms with Gasteiger partial charge in [0.25, 0.3) is 0 Å². The van der Waals surface area contributed by atoms with Crippen LogP contribution < -0.4 is 10.2 Å². The first-order valence-electron chi connectivity index (χ1n) is 11.9. The van der Waals surface area contributed by atoms with Crippen molar-refractivity contribution < 1.29 is 22.7 Å². The first-order valence-corrected chi connectivity index (χ1v) is 11.9. The van der Waals surface area contributed by atoms with Crippen LogP contribution in [0.2, 0.25) is 0 Å². The van der Waals surface area contributed by atoms with Crippen molar-refractivity contribution in [3.8, 4) is 5.75 Å². The van der Waals surface area contributed by atoms with Crippen LogP contribution in [-0.2, 0) is 4.79 Å². The van der Waals surface area contributed by atoms with Crippen LogP contribution in [-0.4, -0.2) is 30.2 Å². The van der Waals surface area contributed by atoms with E-state index in [1.807, 2.05) is 0 Å². The molecule has 2 aromatic rings. The van der Waals surface area contributed by atoms with Gasteiger partial charge >= 0.3 is 6.18 Å². The third kappa shape index (κ3) is 6.40. The molecule has 7 heteroatoms. The Morgan fingerprint density at radius 1 is 1.06 bits per heavy atom. The largest absolute Gasteiger partial charge is 0.494 e. The smallest absolute Gasteiger partial charge is 0.409 e. The van der Waals surface area contributed by atoms with Gasteiger partial charge in [-0.25, -0.2) is 5.01 Å². The molecule has 0 unspecified atom stereocenters. The van der Waals surface area contributed by atoms with Crippen molar-refractivity contribution in [2.45, 2.75) is 77.9 Å². The van der Waals surface area contributed by atoms with Gasteiger partial charge in [0.05, 0.1) is 12.0 Å². The number of nitrogens with zero attached hydrogens (tertiary/aromatic N) is 1. The van der Waals surface area contributed by atoms with E-state index in [1.165, 1.54) is 38.2 Å². The maximum absolute atomic E-state index is 14.2. The van der Waals surface area contributed by atoms with Crippen molar-refractivity contribution >= 4 is 16.7 Å². The quantitative estimate of drug-likeness (QED) is 0.366. The fourth-order valence-electron chi connectivity index (χ4n) is 4.36. The highest BCUT2D eigenvalue weighted by atomic mass is 19.4. The molecule has 1 heterocycles. The van der Waals surface area contributed by atoms with Crippen LogP contribution in [0.25, 0.3) is 10.8 Å². The number of hydrogen-bond donors (Lipinski definition) is 1. The number of benzene rings is 2. The Morgan fingerprint density at radius 3 is 2.39 bits per heavy atom. The lowest BCUT2D eigenvalue weighted by molar-refractivity contribution is -0.191. The van der Waals surface area contributed by atoms with E-state index in [1.54, 1.807) is 44.2 Å². The minimum Gasteiger partial charge on any atom is -0.494 e. The second-order valence-corrected chi connectivity index (χ2v) is 9.60. The molecule has 0 spiro atoms. The van der Waals surface area contributed by atoms with Gasteiger partial charge in [-0.15, -0.1) is 0 Å². The van der Waals surface area contributed by atoms with Gasteiger partial charge in [-0.3, -0.25) is 10.2 Å². The zero-order valence-electron chi connectivity index (χ0n) is 19.8. The van der Waals surface area contributed by atoms with Crippen molar-refractivity contribution in [1.29, 1.82) is 0 Å². The number of hydrogen-bond acceptors (Lipinski definition) is 3. The predicted molar refractivity (Wildman–Crippen MR) is 125 cm³/mol. The Morgan fingerprint density at radius 2 is 1.76 bits per heavy atom. The number of unbranched alkanes of at least 4 members (excludes halogenated alkanes) is 6. The Labute approximate surface area is 194 Å². The second kappa shape index (κ2) is 10.8. The number of hydrazine groups is 1.